The molecular weight excluding hydrogens is 226 g/mol. The molecule has 1 aromatic heterocycles. The van der Waals surface area contributed by atoms with Gasteiger partial charge in [0.05, 0.1) is 12.4 Å². The second-order valence-electron chi connectivity index (χ2n) is 4.41. The quantitative estimate of drug-likeness (QED) is 0.767. The molecule has 1 unspecified atom stereocenters. The summed E-state index contributed by atoms with van der Waals surface area (Å²) < 4.78 is 5.27. The van der Waals surface area contributed by atoms with Gasteiger partial charge in [-0.1, -0.05) is 12.1 Å². The lowest BCUT2D eigenvalue weighted by atomic mass is 10.1. The van der Waals surface area contributed by atoms with Gasteiger partial charge in [0.15, 0.2) is 0 Å². The van der Waals surface area contributed by atoms with Crippen molar-refractivity contribution in [3.8, 4) is 0 Å². The van der Waals surface area contributed by atoms with E-state index in [0.29, 0.717) is 0 Å². The predicted molar refractivity (Wildman–Crippen MR) is 72.6 cm³/mol. The monoisotopic (exact) mass is 245 g/mol. The average molecular weight is 245 g/mol. The zero-order chi connectivity index (χ0) is 12.8. The Kier molecular flexibility index (Phi) is 4.42. The van der Waals surface area contributed by atoms with Crippen molar-refractivity contribution in [2.45, 2.75) is 25.9 Å². The van der Waals surface area contributed by atoms with Crippen LogP contribution in [0.1, 0.15) is 30.8 Å². The van der Waals surface area contributed by atoms with Crippen LogP contribution in [0, 0.1) is 0 Å². The molecule has 0 saturated heterocycles. The highest BCUT2D eigenvalue weighted by Crippen LogP contribution is 2.15. The minimum atomic E-state index is -0.405. The number of hydrogen-bond donors (Lipinski definition) is 2. The number of rotatable bonds is 6. The van der Waals surface area contributed by atoms with Crippen molar-refractivity contribution in [1.82, 2.24) is 0 Å². The maximum atomic E-state index is 9.40. The van der Waals surface area contributed by atoms with E-state index >= 15 is 0 Å². The molecule has 0 bridgehead atoms. The third-order valence-electron chi connectivity index (χ3n) is 2.90. The average Bonchev–Trinajstić information content (AvgIpc) is 2.88. The Labute approximate surface area is 107 Å². The molecule has 2 aromatic rings. The van der Waals surface area contributed by atoms with Crippen molar-refractivity contribution in [2.24, 2.45) is 0 Å². The summed E-state index contributed by atoms with van der Waals surface area (Å²) in [5.74, 6) is 1.03. The maximum absolute atomic E-state index is 9.40. The normalized spacial score (nSPS) is 12.3. The van der Waals surface area contributed by atoms with Crippen molar-refractivity contribution < 1.29 is 9.52 Å². The molecule has 2 rings (SSSR count). The Morgan fingerprint density at radius 1 is 1.22 bits per heavy atom. The fourth-order valence-corrected chi connectivity index (χ4v) is 1.83. The molecule has 1 heterocycles. The number of furan rings is 1. The molecular formula is C15H19NO2. The number of aliphatic hydroxyl groups excluding tert-OH is 1. The van der Waals surface area contributed by atoms with Crippen molar-refractivity contribution in [1.29, 1.82) is 0 Å². The van der Waals surface area contributed by atoms with Gasteiger partial charge in [0, 0.05) is 18.7 Å². The fraction of sp³-hybridized carbons (Fsp3) is 0.333. The van der Waals surface area contributed by atoms with Crippen molar-refractivity contribution in [2.75, 3.05) is 11.9 Å². The van der Waals surface area contributed by atoms with Gasteiger partial charge in [0.2, 0.25) is 0 Å². The predicted octanol–water partition coefficient (Wildman–Crippen LogP) is 3.38. The van der Waals surface area contributed by atoms with Gasteiger partial charge in [-0.25, -0.2) is 0 Å². The fourth-order valence-electron chi connectivity index (χ4n) is 1.83. The van der Waals surface area contributed by atoms with E-state index in [9.17, 15) is 5.11 Å². The highest BCUT2D eigenvalue weighted by molar-refractivity contribution is 5.44. The standard InChI is InChI=1S/C15H19NO2/c1-12(17)13-6-8-14(9-7-13)16-10-2-4-15-5-3-11-18-15/h3,5-9,11-12,16-17H,2,4,10H2,1H3. The molecule has 0 spiro atoms. The summed E-state index contributed by atoms with van der Waals surface area (Å²) in [4.78, 5) is 0. The van der Waals surface area contributed by atoms with E-state index in [4.69, 9.17) is 4.42 Å². The van der Waals surface area contributed by atoms with E-state index in [1.54, 1.807) is 13.2 Å². The smallest absolute Gasteiger partial charge is 0.103 e. The number of hydrogen-bond acceptors (Lipinski definition) is 3. The van der Waals surface area contributed by atoms with Crippen LogP contribution in [0.2, 0.25) is 0 Å². The summed E-state index contributed by atoms with van der Waals surface area (Å²) in [5.41, 5.74) is 2.02. The third-order valence-corrected chi connectivity index (χ3v) is 2.90. The molecule has 0 aliphatic heterocycles. The van der Waals surface area contributed by atoms with Crippen LogP contribution in [-0.4, -0.2) is 11.7 Å². The van der Waals surface area contributed by atoms with Gasteiger partial charge in [-0.3, -0.25) is 0 Å². The first kappa shape index (κ1) is 12.7. The van der Waals surface area contributed by atoms with Crippen LogP contribution >= 0.6 is 0 Å². The molecule has 3 heteroatoms. The molecule has 0 fully saturated rings. The van der Waals surface area contributed by atoms with Crippen molar-refractivity contribution in [3.63, 3.8) is 0 Å². The van der Waals surface area contributed by atoms with Crippen LogP contribution < -0.4 is 5.32 Å². The number of nitrogens with one attached hydrogen (secondary N) is 1. The van der Waals surface area contributed by atoms with Crippen LogP contribution in [0.5, 0.6) is 0 Å². The molecule has 0 radical (unpaired) electrons. The molecule has 0 amide bonds. The molecule has 0 aliphatic rings. The number of benzene rings is 1. The number of anilines is 1. The summed E-state index contributed by atoms with van der Waals surface area (Å²) in [5, 5.41) is 12.8. The maximum Gasteiger partial charge on any atom is 0.103 e. The molecule has 0 saturated carbocycles. The van der Waals surface area contributed by atoms with Crippen LogP contribution in [0.3, 0.4) is 0 Å². The van der Waals surface area contributed by atoms with Crippen LogP contribution in [0.15, 0.2) is 47.1 Å². The lowest BCUT2D eigenvalue weighted by Gasteiger charge is -2.08. The van der Waals surface area contributed by atoms with Gasteiger partial charge in [-0.15, -0.1) is 0 Å². The van der Waals surface area contributed by atoms with E-state index in [-0.39, 0.29) is 0 Å². The molecule has 3 nitrogen and oxygen atoms in total. The first-order chi connectivity index (χ1) is 8.75. The Morgan fingerprint density at radius 3 is 2.61 bits per heavy atom. The van der Waals surface area contributed by atoms with Crippen molar-refractivity contribution in [3.05, 3.63) is 54.0 Å². The topological polar surface area (TPSA) is 45.4 Å². The third kappa shape index (κ3) is 3.64. The lowest BCUT2D eigenvalue weighted by molar-refractivity contribution is 0.199. The van der Waals surface area contributed by atoms with E-state index in [0.717, 1.165) is 36.4 Å². The number of aryl methyl sites for hydroxylation is 1. The second-order valence-corrected chi connectivity index (χ2v) is 4.41. The Bertz CT molecular complexity index is 446. The minimum Gasteiger partial charge on any atom is -0.469 e. The first-order valence-electron chi connectivity index (χ1n) is 6.30. The largest absolute Gasteiger partial charge is 0.469 e. The molecule has 96 valence electrons. The van der Waals surface area contributed by atoms with Gasteiger partial charge >= 0.3 is 0 Å². The number of aliphatic hydroxyl groups is 1. The molecule has 1 aromatic carbocycles. The molecule has 18 heavy (non-hydrogen) atoms. The highest BCUT2D eigenvalue weighted by Gasteiger charge is 2.00. The minimum absolute atomic E-state index is 0.405. The Balaban J connectivity index is 1.73. The summed E-state index contributed by atoms with van der Waals surface area (Å²) in [6.45, 7) is 2.68. The van der Waals surface area contributed by atoms with Gasteiger partial charge in [0.1, 0.15) is 5.76 Å². The molecule has 0 aliphatic carbocycles. The summed E-state index contributed by atoms with van der Waals surface area (Å²) in [6.07, 6.45) is 3.28. The van der Waals surface area contributed by atoms with E-state index < -0.39 is 6.10 Å². The summed E-state index contributed by atoms with van der Waals surface area (Å²) in [6, 6.07) is 11.8. The van der Waals surface area contributed by atoms with Crippen LogP contribution in [0.25, 0.3) is 0 Å². The molecule has 2 N–H and O–H groups in total. The highest BCUT2D eigenvalue weighted by atomic mass is 16.3. The van der Waals surface area contributed by atoms with Crippen molar-refractivity contribution >= 4 is 5.69 Å². The Morgan fingerprint density at radius 2 is 2.00 bits per heavy atom. The zero-order valence-corrected chi connectivity index (χ0v) is 10.6. The SMILES string of the molecule is CC(O)c1ccc(NCCCc2ccco2)cc1. The molecule has 1 atom stereocenters. The summed E-state index contributed by atoms with van der Waals surface area (Å²) in [7, 11) is 0. The van der Waals surface area contributed by atoms with Gasteiger partial charge in [-0.05, 0) is 43.2 Å². The Hall–Kier alpha value is -1.74. The van der Waals surface area contributed by atoms with Crippen LogP contribution in [-0.2, 0) is 6.42 Å². The van der Waals surface area contributed by atoms with E-state index in [2.05, 4.69) is 5.32 Å². The summed E-state index contributed by atoms with van der Waals surface area (Å²) >= 11 is 0. The van der Waals surface area contributed by atoms with Gasteiger partial charge in [-0.2, -0.15) is 0 Å². The zero-order valence-electron chi connectivity index (χ0n) is 10.6. The lowest BCUT2D eigenvalue weighted by Crippen LogP contribution is -2.03. The van der Waals surface area contributed by atoms with E-state index in [1.807, 2.05) is 36.4 Å². The van der Waals surface area contributed by atoms with Crippen LogP contribution in [0.4, 0.5) is 5.69 Å². The van der Waals surface area contributed by atoms with Gasteiger partial charge < -0.3 is 14.8 Å². The first-order valence-corrected chi connectivity index (χ1v) is 6.30. The second kappa shape index (κ2) is 6.26. The van der Waals surface area contributed by atoms with E-state index in [1.165, 1.54) is 0 Å². The van der Waals surface area contributed by atoms with Gasteiger partial charge in [0.25, 0.3) is 0 Å².